The van der Waals surface area contributed by atoms with Gasteiger partial charge in [-0.2, -0.15) is 0 Å². The number of carbonyl (C=O) groups is 1. The molecule has 0 heterocycles. The van der Waals surface area contributed by atoms with Gasteiger partial charge in [-0.05, 0) is 25.1 Å². The number of anilines is 1. The Morgan fingerprint density at radius 2 is 2.12 bits per heavy atom. The fraction of sp³-hybridized carbons (Fsp3) is 0.364. The van der Waals surface area contributed by atoms with Crippen molar-refractivity contribution in [1.29, 1.82) is 0 Å². The molecule has 0 spiro atoms. The second-order valence-electron chi connectivity index (χ2n) is 3.68. The molecule has 16 heavy (non-hydrogen) atoms. The maximum Gasteiger partial charge on any atom is 0.235 e. The average molecular weight is 242 g/mol. The van der Waals surface area contributed by atoms with Gasteiger partial charge in [-0.1, -0.05) is 0 Å². The van der Waals surface area contributed by atoms with E-state index < -0.39 is 0 Å². The predicted molar refractivity (Wildman–Crippen MR) is 64.8 cm³/mol. The molecule has 1 rings (SSSR count). The lowest BCUT2D eigenvalue weighted by atomic mass is 10.3. The van der Waals surface area contributed by atoms with Crippen LogP contribution < -0.4 is 5.73 Å². The summed E-state index contributed by atoms with van der Waals surface area (Å²) < 4.78 is 13.4. The summed E-state index contributed by atoms with van der Waals surface area (Å²) in [7, 11) is 3.36. The van der Waals surface area contributed by atoms with Crippen LogP contribution in [-0.4, -0.2) is 30.2 Å². The van der Waals surface area contributed by atoms with Gasteiger partial charge in [0.25, 0.3) is 0 Å². The van der Waals surface area contributed by atoms with E-state index in [0.717, 1.165) is 0 Å². The first-order valence-electron chi connectivity index (χ1n) is 4.84. The first kappa shape index (κ1) is 12.8. The fourth-order valence-corrected chi connectivity index (χ4v) is 2.23. The van der Waals surface area contributed by atoms with Crippen molar-refractivity contribution in [1.82, 2.24) is 4.90 Å². The van der Waals surface area contributed by atoms with E-state index in [-0.39, 0.29) is 17.0 Å². The molecule has 1 aromatic carbocycles. The molecule has 1 atom stereocenters. The molecule has 0 fully saturated rings. The molecule has 0 bridgehead atoms. The highest BCUT2D eigenvalue weighted by atomic mass is 32.2. The van der Waals surface area contributed by atoms with Gasteiger partial charge in [0, 0.05) is 24.7 Å². The van der Waals surface area contributed by atoms with E-state index in [4.69, 9.17) is 5.73 Å². The molecule has 1 aromatic rings. The van der Waals surface area contributed by atoms with Gasteiger partial charge in [-0.25, -0.2) is 4.39 Å². The quantitative estimate of drug-likeness (QED) is 0.651. The third kappa shape index (κ3) is 3.13. The lowest BCUT2D eigenvalue weighted by molar-refractivity contribution is -0.127. The van der Waals surface area contributed by atoms with Crippen LogP contribution in [0.15, 0.2) is 23.1 Å². The third-order valence-corrected chi connectivity index (χ3v) is 3.19. The molecule has 1 unspecified atom stereocenters. The van der Waals surface area contributed by atoms with Crippen LogP contribution in [0.25, 0.3) is 0 Å². The SMILES string of the molecule is CC(Sc1ccc(N)cc1F)C(=O)N(C)C. The summed E-state index contributed by atoms with van der Waals surface area (Å²) in [5.41, 5.74) is 5.82. The molecule has 0 aliphatic rings. The second-order valence-corrected chi connectivity index (χ2v) is 5.07. The van der Waals surface area contributed by atoms with Crippen LogP contribution >= 0.6 is 11.8 Å². The monoisotopic (exact) mass is 242 g/mol. The summed E-state index contributed by atoms with van der Waals surface area (Å²) in [4.78, 5) is 13.5. The van der Waals surface area contributed by atoms with Gasteiger partial charge >= 0.3 is 0 Å². The zero-order valence-corrected chi connectivity index (χ0v) is 10.3. The molecular weight excluding hydrogens is 227 g/mol. The Morgan fingerprint density at radius 3 is 2.62 bits per heavy atom. The summed E-state index contributed by atoms with van der Waals surface area (Å²) in [6.45, 7) is 1.75. The number of nitrogen functional groups attached to an aromatic ring is 1. The average Bonchev–Trinajstić information content (AvgIpc) is 2.20. The molecule has 88 valence electrons. The van der Waals surface area contributed by atoms with Crippen molar-refractivity contribution >= 4 is 23.4 Å². The van der Waals surface area contributed by atoms with Gasteiger partial charge in [-0.3, -0.25) is 4.79 Å². The van der Waals surface area contributed by atoms with E-state index in [1.807, 2.05) is 0 Å². The Balaban J connectivity index is 2.77. The Labute approximate surface area is 98.8 Å². The van der Waals surface area contributed by atoms with Gasteiger partial charge in [0.1, 0.15) is 5.82 Å². The van der Waals surface area contributed by atoms with E-state index in [2.05, 4.69) is 0 Å². The van der Waals surface area contributed by atoms with Crippen LogP contribution in [0.3, 0.4) is 0 Å². The minimum Gasteiger partial charge on any atom is -0.399 e. The lowest BCUT2D eigenvalue weighted by Crippen LogP contribution is -2.29. The molecule has 3 nitrogen and oxygen atoms in total. The Bertz CT molecular complexity index is 396. The zero-order chi connectivity index (χ0) is 12.3. The highest BCUT2D eigenvalue weighted by Gasteiger charge is 2.17. The van der Waals surface area contributed by atoms with Crippen molar-refractivity contribution < 1.29 is 9.18 Å². The van der Waals surface area contributed by atoms with E-state index in [1.54, 1.807) is 33.2 Å². The molecule has 0 aliphatic carbocycles. The molecule has 0 aromatic heterocycles. The van der Waals surface area contributed by atoms with Gasteiger partial charge in [0.2, 0.25) is 5.91 Å². The van der Waals surface area contributed by atoms with Gasteiger partial charge in [0.15, 0.2) is 0 Å². The smallest absolute Gasteiger partial charge is 0.235 e. The summed E-state index contributed by atoms with van der Waals surface area (Å²) >= 11 is 1.19. The number of thioether (sulfide) groups is 1. The minimum atomic E-state index is -0.386. The van der Waals surface area contributed by atoms with Crippen LogP contribution in [-0.2, 0) is 4.79 Å². The largest absolute Gasteiger partial charge is 0.399 e. The lowest BCUT2D eigenvalue weighted by Gasteiger charge is -2.16. The van der Waals surface area contributed by atoms with Crippen molar-refractivity contribution in [3.05, 3.63) is 24.0 Å². The van der Waals surface area contributed by atoms with E-state index >= 15 is 0 Å². The molecule has 0 aliphatic heterocycles. The number of amides is 1. The molecule has 2 N–H and O–H groups in total. The van der Waals surface area contributed by atoms with Crippen LogP contribution in [0.4, 0.5) is 10.1 Å². The number of nitrogens with two attached hydrogens (primary N) is 1. The maximum atomic E-state index is 13.4. The van der Waals surface area contributed by atoms with Crippen molar-refractivity contribution in [2.45, 2.75) is 17.1 Å². The Kier molecular flexibility index (Phi) is 4.18. The van der Waals surface area contributed by atoms with Crippen molar-refractivity contribution in [2.75, 3.05) is 19.8 Å². The van der Waals surface area contributed by atoms with Crippen LogP contribution in [0.2, 0.25) is 0 Å². The van der Waals surface area contributed by atoms with E-state index in [9.17, 15) is 9.18 Å². The predicted octanol–water partition coefficient (Wildman–Crippen LogP) is 1.98. The fourth-order valence-electron chi connectivity index (χ4n) is 1.22. The van der Waals surface area contributed by atoms with Crippen LogP contribution in [0.5, 0.6) is 0 Å². The standard InChI is InChI=1S/C11H15FN2OS/c1-7(11(15)14(2)3)16-10-5-4-8(13)6-9(10)12/h4-7H,13H2,1-3H3. The number of benzene rings is 1. The summed E-state index contributed by atoms with van der Waals surface area (Å²) in [6.07, 6.45) is 0. The highest BCUT2D eigenvalue weighted by molar-refractivity contribution is 8.00. The van der Waals surface area contributed by atoms with E-state index in [0.29, 0.717) is 10.6 Å². The second kappa shape index (κ2) is 5.21. The first-order valence-corrected chi connectivity index (χ1v) is 5.72. The molecular formula is C11H15FN2OS. The third-order valence-electron chi connectivity index (χ3n) is 2.05. The molecule has 0 radical (unpaired) electrons. The normalized spacial score (nSPS) is 12.2. The van der Waals surface area contributed by atoms with Gasteiger partial charge < -0.3 is 10.6 Å². The first-order chi connectivity index (χ1) is 7.41. The summed E-state index contributed by atoms with van der Waals surface area (Å²) in [6, 6.07) is 4.47. The highest BCUT2D eigenvalue weighted by Crippen LogP contribution is 2.27. The number of carbonyl (C=O) groups excluding carboxylic acids is 1. The maximum absolute atomic E-state index is 13.4. The topological polar surface area (TPSA) is 46.3 Å². The van der Waals surface area contributed by atoms with Crippen LogP contribution in [0, 0.1) is 5.82 Å². The minimum absolute atomic E-state index is 0.0405. The number of nitrogens with zero attached hydrogens (tertiary/aromatic N) is 1. The number of hydrogen-bond acceptors (Lipinski definition) is 3. The number of hydrogen-bond donors (Lipinski definition) is 1. The molecule has 1 amide bonds. The van der Waals surface area contributed by atoms with Crippen molar-refractivity contribution in [3.63, 3.8) is 0 Å². The van der Waals surface area contributed by atoms with Gasteiger partial charge in [-0.15, -0.1) is 11.8 Å². The Morgan fingerprint density at radius 1 is 1.50 bits per heavy atom. The van der Waals surface area contributed by atoms with Crippen LogP contribution in [0.1, 0.15) is 6.92 Å². The number of halogens is 1. The molecule has 0 saturated heterocycles. The van der Waals surface area contributed by atoms with E-state index in [1.165, 1.54) is 22.7 Å². The zero-order valence-electron chi connectivity index (χ0n) is 9.53. The van der Waals surface area contributed by atoms with Crippen molar-refractivity contribution in [2.24, 2.45) is 0 Å². The summed E-state index contributed by atoms with van der Waals surface area (Å²) in [5.74, 6) is -0.426. The van der Waals surface area contributed by atoms with Gasteiger partial charge in [0.05, 0.1) is 5.25 Å². The molecule has 0 saturated carbocycles. The number of rotatable bonds is 3. The van der Waals surface area contributed by atoms with Crippen molar-refractivity contribution in [3.8, 4) is 0 Å². The Hall–Kier alpha value is -1.23. The summed E-state index contributed by atoms with van der Waals surface area (Å²) in [5, 5.41) is -0.312. The molecule has 5 heteroatoms.